The predicted molar refractivity (Wildman–Crippen MR) is 171 cm³/mol. The van der Waals surface area contributed by atoms with Crippen LogP contribution in [0.3, 0.4) is 0 Å². The number of ether oxygens (including phenoxy) is 2. The number of carbonyl (C=O) groups excluding carboxylic acids is 3. The topological polar surface area (TPSA) is 144 Å². The van der Waals surface area contributed by atoms with Gasteiger partial charge in [0.05, 0.1) is 60.9 Å². The van der Waals surface area contributed by atoms with Crippen molar-refractivity contribution in [1.82, 2.24) is 24.8 Å². The normalized spacial score (nSPS) is 31.5. The second-order valence-electron chi connectivity index (χ2n) is 14.6. The first kappa shape index (κ1) is 34.1. The van der Waals surface area contributed by atoms with Crippen molar-refractivity contribution in [3.05, 3.63) is 35.0 Å². The van der Waals surface area contributed by atoms with Gasteiger partial charge >= 0.3 is 6.18 Å². The molecule has 5 saturated heterocycles. The molecular weight excluding hydrogens is 663 g/mol. The summed E-state index contributed by atoms with van der Waals surface area (Å²) in [4.78, 5) is 60.0. The largest absolute Gasteiger partial charge is 0.391 e. The van der Waals surface area contributed by atoms with Crippen molar-refractivity contribution in [2.45, 2.75) is 69.9 Å². The zero-order chi connectivity index (χ0) is 34.6. The van der Waals surface area contributed by atoms with Crippen molar-refractivity contribution in [1.29, 1.82) is 0 Å². The fourth-order valence-electron chi connectivity index (χ4n) is 8.93. The molecule has 7 heterocycles. The van der Waals surface area contributed by atoms with Gasteiger partial charge in [-0.05, 0) is 51.5 Å². The number of nitrogens with two attached hydrogens (primary N) is 1. The summed E-state index contributed by atoms with van der Waals surface area (Å²) < 4.78 is 53.5. The molecule has 3 amide bonds. The Morgan fingerprint density at radius 2 is 1.82 bits per heavy atom. The fraction of sp³-hybridized carbons (Fsp3) is 0.697. The van der Waals surface area contributed by atoms with Gasteiger partial charge in [-0.15, -0.1) is 11.3 Å². The maximum atomic E-state index is 14.8. The number of thiazole rings is 1. The zero-order valence-corrected chi connectivity index (χ0v) is 28.2. The van der Waals surface area contributed by atoms with E-state index in [0.29, 0.717) is 24.0 Å². The van der Waals surface area contributed by atoms with Crippen LogP contribution in [0.25, 0.3) is 0 Å². The Labute approximate surface area is 286 Å². The van der Waals surface area contributed by atoms with Gasteiger partial charge in [-0.2, -0.15) is 13.2 Å². The molecule has 2 N–H and O–H groups in total. The van der Waals surface area contributed by atoms with Gasteiger partial charge in [-0.1, -0.05) is 0 Å². The average Bonchev–Trinajstić information content (AvgIpc) is 3.79. The van der Waals surface area contributed by atoms with Crippen LogP contribution >= 0.6 is 11.3 Å². The average molecular weight is 706 g/mol. The number of anilines is 1. The Balaban J connectivity index is 1.24. The SMILES string of the molecule is C[C@@H](OCC12CCC(CC1)OC2)[C@H](C(=O)N1CCC(C(F)(F)F)CC1)C1N(c2ncccn2)CC12CN(C(=O)c1cncs1)CC2C(N)=O. The Bertz CT molecular complexity index is 1500. The fourth-order valence-corrected chi connectivity index (χ4v) is 9.52. The summed E-state index contributed by atoms with van der Waals surface area (Å²) >= 11 is 1.19. The van der Waals surface area contributed by atoms with Crippen LogP contribution in [0.15, 0.2) is 30.2 Å². The highest BCUT2D eigenvalue weighted by atomic mass is 32.1. The minimum absolute atomic E-state index is 0.0534. The monoisotopic (exact) mass is 705 g/mol. The maximum absolute atomic E-state index is 14.8. The van der Waals surface area contributed by atoms with Crippen molar-refractivity contribution >= 4 is 35.0 Å². The number of rotatable bonds is 9. The second-order valence-corrected chi connectivity index (χ2v) is 15.4. The van der Waals surface area contributed by atoms with E-state index in [4.69, 9.17) is 15.2 Å². The number of hydrogen-bond donors (Lipinski definition) is 1. The van der Waals surface area contributed by atoms with Gasteiger partial charge in [-0.25, -0.2) is 9.97 Å². The third-order valence-electron chi connectivity index (χ3n) is 11.7. The van der Waals surface area contributed by atoms with E-state index in [1.165, 1.54) is 22.4 Å². The molecular formula is C33H42F3N7O5S. The standard InChI is InChI=1S/C33H42F3N7O5S/c1-20(47-17-31-7-3-22(4-8-31)48-18-31)25(29(46)41-11-5-21(6-12-41)33(34,35)36)26-32(16-43(26)30-39-9-2-10-40-30)15-42(14-23(32)27(37)44)28(45)24-13-38-19-49-24/h2,9-10,13,19-23,25-26H,3-8,11-12,14-18H2,1H3,(H2,37,44)/t20-,22?,23?,25+,26?,31?,32?/m1/s1. The molecule has 49 heavy (non-hydrogen) atoms. The van der Waals surface area contributed by atoms with Gasteiger partial charge in [0, 0.05) is 55.9 Å². The van der Waals surface area contributed by atoms with Crippen LogP contribution in [0, 0.1) is 28.6 Å². The number of carbonyl (C=O) groups is 3. The molecule has 8 rings (SSSR count). The van der Waals surface area contributed by atoms with Crippen LogP contribution in [0.4, 0.5) is 19.1 Å². The summed E-state index contributed by atoms with van der Waals surface area (Å²) in [6, 6.07) is 0.926. The van der Waals surface area contributed by atoms with Gasteiger partial charge in [-0.3, -0.25) is 19.4 Å². The summed E-state index contributed by atoms with van der Waals surface area (Å²) in [6.45, 7) is 3.08. The van der Waals surface area contributed by atoms with Crippen LogP contribution in [-0.4, -0.2) is 113 Å². The number of likely N-dealkylation sites (tertiary alicyclic amines) is 2. The van der Waals surface area contributed by atoms with Crippen molar-refractivity contribution in [2.24, 2.45) is 34.3 Å². The Kier molecular flexibility index (Phi) is 9.09. The molecule has 3 unspecified atom stereocenters. The Hall–Kier alpha value is -3.37. The number of fused-ring (bicyclic) bond motifs is 3. The molecule has 2 aromatic rings. The van der Waals surface area contributed by atoms with Crippen molar-refractivity contribution in [2.75, 3.05) is 50.8 Å². The summed E-state index contributed by atoms with van der Waals surface area (Å²) in [6.07, 6.45) is 3.28. The molecule has 6 aliphatic rings. The highest BCUT2D eigenvalue weighted by molar-refractivity contribution is 7.11. The lowest BCUT2D eigenvalue weighted by molar-refractivity contribution is -0.189. The number of aromatic nitrogens is 3. The number of alkyl halides is 3. The molecule has 1 spiro atoms. The lowest BCUT2D eigenvalue weighted by Crippen LogP contribution is -2.75. The predicted octanol–water partition coefficient (Wildman–Crippen LogP) is 3.15. The van der Waals surface area contributed by atoms with Gasteiger partial charge in [0.2, 0.25) is 17.8 Å². The summed E-state index contributed by atoms with van der Waals surface area (Å²) in [7, 11) is 0. The molecule has 1 aliphatic carbocycles. The summed E-state index contributed by atoms with van der Waals surface area (Å²) in [5, 5.41) is 0. The highest BCUT2D eigenvalue weighted by Gasteiger charge is 2.68. The third-order valence-corrected chi connectivity index (χ3v) is 12.5. The summed E-state index contributed by atoms with van der Waals surface area (Å²) in [5.41, 5.74) is 6.48. The Morgan fingerprint density at radius 1 is 1.10 bits per heavy atom. The number of amides is 3. The van der Waals surface area contributed by atoms with Gasteiger partial charge < -0.3 is 29.9 Å². The molecule has 6 fully saturated rings. The van der Waals surface area contributed by atoms with E-state index in [9.17, 15) is 27.6 Å². The molecule has 5 aliphatic heterocycles. The second kappa shape index (κ2) is 13.1. The molecule has 2 bridgehead atoms. The first-order chi connectivity index (χ1) is 23.4. The van der Waals surface area contributed by atoms with E-state index in [2.05, 4.69) is 15.0 Å². The quantitative estimate of drug-likeness (QED) is 0.416. The lowest BCUT2D eigenvalue weighted by atomic mass is 9.59. The molecule has 5 atom stereocenters. The smallest absolute Gasteiger partial charge is 0.378 e. The van der Waals surface area contributed by atoms with E-state index >= 15 is 0 Å². The lowest BCUT2D eigenvalue weighted by Gasteiger charge is -2.60. The minimum atomic E-state index is -4.34. The van der Waals surface area contributed by atoms with Crippen molar-refractivity contribution < 1.29 is 37.0 Å². The van der Waals surface area contributed by atoms with Crippen LogP contribution in [0.2, 0.25) is 0 Å². The van der Waals surface area contributed by atoms with E-state index in [1.807, 2.05) is 11.8 Å². The van der Waals surface area contributed by atoms with E-state index in [1.54, 1.807) is 28.9 Å². The number of primary amides is 1. The molecule has 1 saturated carbocycles. The van der Waals surface area contributed by atoms with Gasteiger partial charge in [0.1, 0.15) is 4.88 Å². The van der Waals surface area contributed by atoms with E-state index in [0.717, 1.165) is 25.7 Å². The van der Waals surface area contributed by atoms with Crippen molar-refractivity contribution in [3.8, 4) is 0 Å². The zero-order valence-electron chi connectivity index (χ0n) is 27.4. The molecule has 12 nitrogen and oxygen atoms in total. The van der Waals surface area contributed by atoms with Crippen LogP contribution in [-0.2, 0) is 19.1 Å². The van der Waals surface area contributed by atoms with E-state index in [-0.39, 0.29) is 68.9 Å². The third kappa shape index (κ3) is 6.28. The minimum Gasteiger partial charge on any atom is -0.378 e. The molecule has 0 radical (unpaired) electrons. The number of halogens is 3. The number of hydrogen-bond acceptors (Lipinski definition) is 10. The van der Waals surface area contributed by atoms with E-state index < -0.39 is 47.4 Å². The van der Waals surface area contributed by atoms with Crippen LogP contribution in [0.5, 0.6) is 0 Å². The highest BCUT2D eigenvalue weighted by Crippen LogP contribution is 2.54. The van der Waals surface area contributed by atoms with Gasteiger partial charge in [0.15, 0.2) is 0 Å². The molecule has 2 aromatic heterocycles. The van der Waals surface area contributed by atoms with Crippen molar-refractivity contribution in [3.63, 3.8) is 0 Å². The van der Waals surface area contributed by atoms with Crippen LogP contribution in [0.1, 0.15) is 55.1 Å². The Morgan fingerprint density at radius 3 is 2.41 bits per heavy atom. The molecule has 0 aromatic carbocycles. The first-order valence-corrected chi connectivity index (χ1v) is 17.9. The number of nitrogens with zero attached hydrogens (tertiary/aromatic N) is 6. The first-order valence-electron chi connectivity index (χ1n) is 17.0. The summed E-state index contributed by atoms with van der Waals surface area (Å²) in [5.74, 6) is -4.12. The maximum Gasteiger partial charge on any atom is 0.391 e. The van der Waals surface area contributed by atoms with Crippen LogP contribution < -0.4 is 10.6 Å². The number of piperidine rings is 1. The molecule has 16 heteroatoms. The van der Waals surface area contributed by atoms with Gasteiger partial charge in [0.25, 0.3) is 5.91 Å². The molecule has 266 valence electrons.